The summed E-state index contributed by atoms with van der Waals surface area (Å²) in [5.41, 5.74) is -0.607. The van der Waals surface area contributed by atoms with Crippen molar-refractivity contribution in [3.8, 4) is 5.75 Å². The van der Waals surface area contributed by atoms with E-state index < -0.39 is 23.6 Å². The van der Waals surface area contributed by atoms with Gasteiger partial charge in [0.15, 0.2) is 0 Å². The van der Waals surface area contributed by atoms with Gasteiger partial charge in [-0.3, -0.25) is 4.98 Å². The Morgan fingerprint density at radius 2 is 1.63 bits per heavy atom. The van der Waals surface area contributed by atoms with E-state index in [1.165, 1.54) is 12.4 Å². The second-order valence-electron chi connectivity index (χ2n) is 6.60. The average Bonchev–Trinajstić information content (AvgIpc) is 2.73. The normalized spacial score (nSPS) is 12.7. The van der Waals surface area contributed by atoms with Crippen LogP contribution in [0.1, 0.15) is 22.7 Å². The number of phenolic OH excluding ortho intramolecular Hbond substituents is 1. The maximum atomic E-state index is 14.8. The predicted molar refractivity (Wildman–Crippen MR) is 105 cm³/mol. The number of hydrogen-bond donors (Lipinski definition) is 2. The molecule has 0 amide bonds. The molecule has 4 nitrogen and oxygen atoms in total. The maximum Gasteiger partial charge on any atom is 0.416 e. The minimum atomic E-state index is -4.67. The molecule has 0 aliphatic heterocycles. The van der Waals surface area contributed by atoms with E-state index in [2.05, 4.69) is 15.3 Å². The molecular weight excluding hydrogens is 398 g/mol. The molecule has 2 N–H and O–H groups in total. The SMILES string of the molecule is Oc1c(C(Nc2ccccn2)c2ccc(C(F)(F)F)cc2F)ccc2cccnc12. The lowest BCUT2D eigenvalue weighted by molar-refractivity contribution is -0.137. The lowest BCUT2D eigenvalue weighted by Gasteiger charge is -2.23. The molecule has 4 rings (SSSR count). The van der Waals surface area contributed by atoms with E-state index in [-0.39, 0.29) is 16.9 Å². The molecule has 152 valence electrons. The van der Waals surface area contributed by atoms with Crippen LogP contribution in [-0.2, 0) is 6.18 Å². The topological polar surface area (TPSA) is 58.0 Å². The van der Waals surface area contributed by atoms with Crippen molar-refractivity contribution in [1.29, 1.82) is 0 Å². The number of fused-ring (bicyclic) bond motifs is 1. The van der Waals surface area contributed by atoms with E-state index in [9.17, 15) is 22.7 Å². The van der Waals surface area contributed by atoms with E-state index in [0.29, 0.717) is 22.8 Å². The van der Waals surface area contributed by atoms with Crippen molar-refractivity contribution in [3.05, 3.63) is 95.6 Å². The molecule has 0 saturated carbocycles. The third-order valence-electron chi connectivity index (χ3n) is 4.69. The summed E-state index contributed by atoms with van der Waals surface area (Å²) in [6, 6.07) is 13.1. The molecule has 2 aromatic heterocycles. The van der Waals surface area contributed by atoms with Gasteiger partial charge in [0.25, 0.3) is 0 Å². The van der Waals surface area contributed by atoms with Crippen LogP contribution in [0.5, 0.6) is 5.75 Å². The fraction of sp³-hybridized carbons (Fsp3) is 0.0909. The lowest BCUT2D eigenvalue weighted by Crippen LogP contribution is -2.16. The zero-order chi connectivity index (χ0) is 21.3. The highest BCUT2D eigenvalue weighted by atomic mass is 19.4. The predicted octanol–water partition coefficient (Wildman–Crippen LogP) is 5.69. The lowest BCUT2D eigenvalue weighted by atomic mass is 9.95. The number of nitrogens with zero attached hydrogens (tertiary/aromatic N) is 2. The number of halogens is 4. The highest BCUT2D eigenvalue weighted by molar-refractivity contribution is 5.86. The van der Waals surface area contributed by atoms with Gasteiger partial charge in [-0.1, -0.05) is 30.3 Å². The zero-order valence-corrected chi connectivity index (χ0v) is 15.4. The molecule has 30 heavy (non-hydrogen) atoms. The van der Waals surface area contributed by atoms with Crippen LogP contribution in [0.3, 0.4) is 0 Å². The quantitative estimate of drug-likeness (QED) is 0.422. The van der Waals surface area contributed by atoms with Gasteiger partial charge in [-0.25, -0.2) is 9.37 Å². The van der Waals surface area contributed by atoms with Crippen LogP contribution in [0.4, 0.5) is 23.4 Å². The summed E-state index contributed by atoms with van der Waals surface area (Å²) in [7, 11) is 0. The minimum absolute atomic E-state index is 0.0702. The summed E-state index contributed by atoms with van der Waals surface area (Å²) in [5.74, 6) is -0.887. The molecule has 2 aromatic carbocycles. The van der Waals surface area contributed by atoms with Gasteiger partial charge in [0, 0.05) is 28.9 Å². The summed E-state index contributed by atoms with van der Waals surface area (Å²) in [5, 5.41) is 14.5. The third kappa shape index (κ3) is 3.76. The average molecular weight is 413 g/mol. The van der Waals surface area contributed by atoms with Gasteiger partial charge in [-0.05, 0) is 30.3 Å². The van der Waals surface area contributed by atoms with Gasteiger partial charge in [0.1, 0.15) is 22.9 Å². The molecular formula is C22H15F4N3O. The second-order valence-corrected chi connectivity index (χ2v) is 6.60. The number of aromatic nitrogens is 2. The fourth-order valence-corrected chi connectivity index (χ4v) is 3.23. The molecule has 0 fully saturated rings. The van der Waals surface area contributed by atoms with E-state index in [1.54, 1.807) is 42.5 Å². The van der Waals surface area contributed by atoms with E-state index in [4.69, 9.17) is 0 Å². The number of anilines is 1. The Morgan fingerprint density at radius 1 is 0.867 bits per heavy atom. The Morgan fingerprint density at radius 3 is 2.33 bits per heavy atom. The van der Waals surface area contributed by atoms with E-state index >= 15 is 0 Å². The highest BCUT2D eigenvalue weighted by Gasteiger charge is 2.32. The summed E-state index contributed by atoms with van der Waals surface area (Å²) >= 11 is 0. The molecule has 8 heteroatoms. The fourth-order valence-electron chi connectivity index (χ4n) is 3.23. The Hall–Kier alpha value is -3.68. The van der Waals surface area contributed by atoms with Gasteiger partial charge in [0.2, 0.25) is 0 Å². The molecule has 0 saturated heterocycles. The summed E-state index contributed by atoms with van der Waals surface area (Å²) < 4.78 is 53.7. The maximum absolute atomic E-state index is 14.8. The molecule has 0 bridgehead atoms. The largest absolute Gasteiger partial charge is 0.505 e. The third-order valence-corrected chi connectivity index (χ3v) is 4.69. The van der Waals surface area contributed by atoms with Crippen molar-refractivity contribution in [2.24, 2.45) is 0 Å². The number of alkyl halides is 3. The minimum Gasteiger partial charge on any atom is -0.505 e. The zero-order valence-electron chi connectivity index (χ0n) is 15.4. The van der Waals surface area contributed by atoms with Gasteiger partial charge in [-0.15, -0.1) is 0 Å². The number of rotatable bonds is 4. The first-order valence-corrected chi connectivity index (χ1v) is 8.95. The van der Waals surface area contributed by atoms with Crippen molar-refractivity contribution in [3.63, 3.8) is 0 Å². The standard InChI is InChI=1S/C22H15F4N3O/c23-17-12-14(22(24,25)26)7-9-15(17)20(29-18-5-1-2-10-27-18)16-8-6-13-4-3-11-28-19(13)21(16)30/h1-12,20,30H,(H,27,29). The number of benzene rings is 2. The van der Waals surface area contributed by atoms with Crippen molar-refractivity contribution in [2.75, 3.05) is 5.32 Å². The Balaban J connectivity index is 1.87. The monoisotopic (exact) mass is 413 g/mol. The first-order valence-electron chi connectivity index (χ1n) is 8.95. The van der Waals surface area contributed by atoms with Gasteiger partial charge in [0.05, 0.1) is 11.6 Å². The van der Waals surface area contributed by atoms with E-state index in [1.807, 2.05) is 0 Å². The van der Waals surface area contributed by atoms with Crippen molar-refractivity contribution < 1.29 is 22.7 Å². The molecule has 0 aliphatic rings. The highest BCUT2D eigenvalue weighted by Crippen LogP contribution is 2.38. The molecule has 2 heterocycles. The van der Waals surface area contributed by atoms with Crippen LogP contribution in [-0.4, -0.2) is 15.1 Å². The van der Waals surface area contributed by atoms with E-state index in [0.717, 1.165) is 12.1 Å². The van der Waals surface area contributed by atoms with Crippen molar-refractivity contribution in [1.82, 2.24) is 9.97 Å². The van der Waals surface area contributed by atoms with Crippen LogP contribution in [0.2, 0.25) is 0 Å². The van der Waals surface area contributed by atoms with Gasteiger partial charge >= 0.3 is 6.18 Å². The number of aromatic hydroxyl groups is 1. The molecule has 0 spiro atoms. The van der Waals surface area contributed by atoms with Crippen molar-refractivity contribution in [2.45, 2.75) is 12.2 Å². The smallest absolute Gasteiger partial charge is 0.416 e. The number of nitrogens with one attached hydrogen (secondary N) is 1. The van der Waals surface area contributed by atoms with Gasteiger partial charge in [-0.2, -0.15) is 13.2 Å². The molecule has 0 radical (unpaired) electrons. The van der Waals surface area contributed by atoms with Crippen LogP contribution in [0.25, 0.3) is 10.9 Å². The summed E-state index contributed by atoms with van der Waals surface area (Å²) in [6.45, 7) is 0. The molecule has 0 aliphatic carbocycles. The number of phenols is 1. The van der Waals surface area contributed by atoms with Crippen LogP contribution >= 0.6 is 0 Å². The van der Waals surface area contributed by atoms with Crippen LogP contribution in [0.15, 0.2) is 73.1 Å². The summed E-state index contributed by atoms with van der Waals surface area (Å²) in [4.78, 5) is 8.29. The van der Waals surface area contributed by atoms with Crippen LogP contribution < -0.4 is 5.32 Å². The molecule has 4 aromatic rings. The Kier molecular flexibility index (Phi) is 4.99. The molecule has 1 atom stereocenters. The van der Waals surface area contributed by atoms with Crippen LogP contribution in [0, 0.1) is 5.82 Å². The Labute approximate surface area is 168 Å². The first-order chi connectivity index (χ1) is 14.3. The van der Waals surface area contributed by atoms with Crippen molar-refractivity contribution >= 4 is 16.7 Å². The first kappa shape index (κ1) is 19.6. The number of hydrogen-bond acceptors (Lipinski definition) is 4. The van der Waals surface area contributed by atoms with Gasteiger partial charge < -0.3 is 10.4 Å². The summed E-state index contributed by atoms with van der Waals surface area (Å²) in [6.07, 6.45) is -1.64. The molecule has 1 unspecified atom stereocenters. The number of pyridine rings is 2. The Bertz CT molecular complexity index is 1200. The second kappa shape index (κ2) is 7.62.